The fourth-order valence-electron chi connectivity index (χ4n) is 1.02. The van der Waals surface area contributed by atoms with Crippen molar-refractivity contribution in [3.63, 3.8) is 0 Å². The van der Waals surface area contributed by atoms with Crippen LogP contribution in [0.3, 0.4) is 0 Å². The van der Waals surface area contributed by atoms with E-state index in [0.717, 1.165) is 5.57 Å². The topological polar surface area (TPSA) is 0 Å². The minimum Gasteiger partial charge on any atom is -0.144 e. The SMILES string of the molecule is C=C(c1cccs1)c1cccs1.[W]. The van der Waals surface area contributed by atoms with E-state index in [1.165, 1.54) is 9.75 Å². The predicted molar refractivity (Wildman–Crippen MR) is 56.8 cm³/mol. The fourth-order valence-corrected chi connectivity index (χ4v) is 2.51. The van der Waals surface area contributed by atoms with Gasteiger partial charge >= 0.3 is 0 Å². The van der Waals surface area contributed by atoms with Crippen LogP contribution in [0.5, 0.6) is 0 Å². The largest absolute Gasteiger partial charge is 0.144 e. The van der Waals surface area contributed by atoms with Crippen molar-refractivity contribution in [1.29, 1.82) is 0 Å². The van der Waals surface area contributed by atoms with Crippen molar-refractivity contribution in [3.8, 4) is 0 Å². The number of thiophene rings is 2. The second kappa shape index (κ2) is 4.90. The zero-order valence-electron chi connectivity index (χ0n) is 6.90. The van der Waals surface area contributed by atoms with Crippen molar-refractivity contribution in [1.82, 2.24) is 0 Å². The van der Waals surface area contributed by atoms with Gasteiger partial charge in [0, 0.05) is 36.4 Å². The molecule has 0 radical (unpaired) electrons. The molecule has 0 unspecified atom stereocenters. The molecule has 0 fully saturated rings. The third-order valence-corrected chi connectivity index (χ3v) is 3.50. The molecule has 0 spiro atoms. The number of rotatable bonds is 2. The second-order valence-corrected chi connectivity index (χ2v) is 4.33. The van der Waals surface area contributed by atoms with Crippen LogP contribution in [0.25, 0.3) is 5.57 Å². The summed E-state index contributed by atoms with van der Waals surface area (Å²) in [4.78, 5) is 2.52. The normalized spacial score (nSPS) is 9.23. The van der Waals surface area contributed by atoms with Crippen molar-refractivity contribution in [2.45, 2.75) is 0 Å². The van der Waals surface area contributed by atoms with E-state index in [2.05, 4.69) is 41.6 Å². The zero-order chi connectivity index (χ0) is 8.39. The van der Waals surface area contributed by atoms with Crippen LogP contribution in [0.15, 0.2) is 41.6 Å². The van der Waals surface area contributed by atoms with Gasteiger partial charge in [0.1, 0.15) is 0 Å². The molecule has 13 heavy (non-hydrogen) atoms. The summed E-state index contributed by atoms with van der Waals surface area (Å²) in [6, 6.07) is 8.32. The standard InChI is InChI=1S/C10H8S2.W/c1-8(9-4-2-6-11-9)10-5-3-7-12-10;/h2-7H,1H2;. The molecule has 0 aliphatic heterocycles. The molecule has 0 N–H and O–H groups in total. The van der Waals surface area contributed by atoms with Gasteiger partial charge in [0.15, 0.2) is 0 Å². The van der Waals surface area contributed by atoms with E-state index >= 15 is 0 Å². The van der Waals surface area contributed by atoms with Crippen molar-refractivity contribution in [3.05, 3.63) is 51.4 Å². The molecule has 0 saturated heterocycles. The van der Waals surface area contributed by atoms with E-state index in [4.69, 9.17) is 0 Å². The first-order chi connectivity index (χ1) is 5.88. The maximum atomic E-state index is 4.06. The molecule has 2 aromatic heterocycles. The Morgan fingerprint density at radius 1 is 1.00 bits per heavy atom. The Morgan fingerprint density at radius 2 is 1.46 bits per heavy atom. The predicted octanol–water partition coefficient (Wildman–Crippen LogP) is 3.87. The van der Waals surface area contributed by atoms with Gasteiger partial charge in [0.25, 0.3) is 0 Å². The second-order valence-electron chi connectivity index (χ2n) is 2.43. The van der Waals surface area contributed by atoms with Crippen LogP contribution in [0, 0.1) is 0 Å². The molecule has 0 aliphatic rings. The molecule has 66 valence electrons. The summed E-state index contributed by atoms with van der Waals surface area (Å²) in [5, 5.41) is 4.16. The van der Waals surface area contributed by atoms with Gasteiger partial charge in [-0.3, -0.25) is 0 Å². The first kappa shape index (κ1) is 10.9. The maximum absolute atomic E-state index is 4.06. The van der Waals surface area contributed by atoms with Gasteiger partial charge in [0.2, 0.25) is 0 Å². The number of hydrogen-bond acceptors (Lipinski definition) is 2. The Balaban J connectivity index is 0.000000845. The van der Waals surface area contributed by atoms with Gasteiger partial charge in [-0.15, -0.1) is 22.7 Å². The zero-order valence-corrected chi connectivity index (χ0v) is 11.5. The Hall–Kier alpha value is -0.172. The van der Waals surface area contributed by atoms with Crippen LogP contribution in [0.1, 0.15) is 9.75 Å². The van der Waals surface area contributed by atoms with E-state index in [1.54, 1.807) is 22.7 Å². The van der Waals surface area contributed by atoms with Gasteiger partial charge in [-0.25, -0.2) is 0 Å². The van der Waals surface area contributed by atoms with Crippen molar-refractivity contribution in [2.24, 2.45) is 0 Å². The first-order valence-electron chi connectivity index (χ1n) is 3.64. The molecule has 2 rings (SSSR count). The minimum atomic E-state index is 0. The van der Waals surface area contributed by atoms with Gasteiger partial charge in [-0.2, -0.15) is 0 Å². The molecule has 0 aromatic carbocycles. The minimum absolute atomic E-state index is 0. The summed E-state index contributed by atoms with van der Waals surface area (Å²) in [7, 11) is 0. The number of hydrogen-bond donors (Lipinski definition) is 0. The summed E-state index contributed by atoms with van der Waals surface area (Å²) in [5.41, 5.74) is 1.14. The monoisotopic (exact) mass is 376 g/mol. The molecule has 0 bridgehead atoms. The third kappa shape index (κ3) is 2.40. The van der Waals surface area contributed by atoms with Crippen molar-refractivity contribution >= 4 is 28.2 Å². The quantitative estimate of drug-likeness (QED) is 0.747. The van der Waals surface area contributed by atoms with Crippen LogP contribution in [-0.2, 0) is 21.1 Å². The van der Waals surface area contributed by atoms with Crippen LogP contribution in [0.2, 0.25) is 0 Å². The Kier molecular flexibility index (Phi) is 4.11. The molecule has 2 aromatic rings. The van der Waals surface area contributed by atoms with Crippen LogP contribution >= 0.6 is 22.7 Å². The van der Waals surface area contributed by atoms with Gasteiger partial charge in [0.05, 0.1) is 0 Å². The summed E-state index contributed by atoms with van der Waals surface area (Å²) in [6.45, 7) is 4.06. The average molecular weight is 376 g/mol. The molecular weight excluding hydrogens is 368 g/mol. The molecule has 0 atom stereocenters. The molecule has 2 heterocycles. The van der Waals surface area contributed by atoms with Crippen LogP contribution in [0.4, 0.5) is 0 Å². The van der Waals surface area contributed by atoms with Crippen molar-refractivity contribution < 1.29 is 21.1 Å². The molecule has 3 heteroatoms. The Labute approximate surface area is 100 Å². The van der Waals surface area contributed by atoms with E-state index in [0.29, 0.717) is 0 Å². The van der Waals surface area contributed by atoms with E-state index < -0.39 is 0 Å². The van der Waals surface area contributed by atoms with Gasteiger partial charge in [-0.05, 0) is 22.9 Å². The Morgan fingerprint density at radius 3 is 1.77 bits per heavy atom. The van der Waals surface area contributed by atoms with Crippen molar-refractivity contribution in [2.75, 3.05) is 0 Å². The van der Waals surface area contributed by atoms with E-state index in [-0.39, 0.29) is 21.1 Å². The summed E-state index contributed by atoms with van der Waals surface area (Å²) >= 11 is 3.47. The fraction of sp³-hybridized carbons (Fsp3) is 0. The molecule has 0 nitrogen and oxygen atoms in total. The van der Waals surface area contributed by atoms with E-state index in [9.17, 15) is 0 Å². The summed E-state index contributed by atoms with van der Waals surface area (Å²) in [5.74, 6) is 0. The third-order valence-electron chi connectivity index (χ3n) is 1.64. The Bertz CT molecular complexity index is 323. The maximum Gasteiger partial charge on any atom is 0.0350 e. The van der Waals surface area contributed by atoms with Crippen LogP contribution in [-0.4, -0.2) is 0 Å². The van der Waals surface area contributed by atoms with Gasteiger partial charge < -0.3 is 0 Å². The smallest absolute Gasteiger partial charge is 0.0350 e. The summed E-state index contributed by atoms with van der Waals surface area (Å²) in [6.07, 6.45) is 0. The molecule has 0 amide bonds. The average Bonchev–Trinajstić information content (AvgIpc) is 2.77. The van der Waals surface area contributed by atoms with Crippen LogP contribution < -0.4 is 0 Å². The summed E-state index contributed by atoms with van der Waals surface area (Å²) < 4.78 is 0. The molecule has 0 saturated carbocycles. The van der Waals surface area contributed by atoms with E-state index in [1.807, 2.05) is 0 Å². The molecular formula is C10H8S2W. The molecule has 0 aliphatic carbocycles. The van der Waals surface area contributed by atoms with Gasteiger partial charge in [-0.1, -0.05) is 18.7 Å². The first-order valence-corrected chi connectivity index (χ1v) is 5.40.